The Morgan fingerprint density at radius 3 is 2.78 bits per heavy atom. The third kappa shape index (κ3) is 4.07. The number of ether oxygens (including phenoxy) is 2. The number of halogens is 1. The van der Waals surface area contributed by atoms with Gasteiger partial charge in [0.2, 0.25) is 0 Å². The first kappa shape index (κ1) is 14.6. The maximum Gasteiger partial charge on any atom is 0.328 e. The van der Waals surface area contributed by atoms with Crippen LogP contribution in [0.5, 0.6) is 11.5 Å². The molecule has 0 bridgehead atoms. The van der Waals surface area contributed by atoms with Crippen LogP contribution in [0.3, 0.4) is 0 Å². The Hall–Kier alpha value is -1.49. The smallest absolute Gasteiger partial charge is 0.328 e. The molecule has 1 rings (SSSR count). The zero-order valence-electron chi connectivity index (χ0n) is 10.3. The van der Waals surface area contributed by atoms with Crippen molar-refractivity contribution in [2.45, 2.75) is 13.3 Å². The Morgan fingerprint density at radius 2 is 2.22 bits per heavy atom. The molecule has 0 aromatic heterocycles. The van der Waals surface area contributed by atoms with E-state index < -0.39 is 5.97 Å². The molecule has 18 heavy (non-hydrogen) atoms. The zero-order chi connectivity index (χ0) is 13.5. The van der Waals surface area contributed by atoms with Crippen LogP contribution >= 0.6 is 15.9 Å². The summed E-state index contributed by atoms with van der Waals surface area (Å²) in [6.07, 6.45) is 3.48. The lowest BCUT2D eigenvalue weighted by atomic mass is 10.2. The number of methoxy groups -OCH3 is 1. The van der Waals surface area contributed by atoms with Gasteiger partial charge in [0.1, 0.15) is 0 Å². The minimum Gasteiger partial charge on any atom is -0.493 e. The SMILES string of the molecule is CCCOc1c(Br)cc(C=CC(=O)O)cc1OC. The summed E-state index contributed by atoms with van der Waals surface area (Å²) in [5.41, 5.74) is 0.727. The quantitative estimate of drug-likeness (QED) is 0.818. The largest absolute Gasteiger partial charge is 0.493 e. The minimum atomic E-state index is -0.989. The van der Waals surface area contributed by atoms with Gasteiger partial charge in [-0.05, 0) is 46.1 Å². The molecule has 0 amide bonds. The first-order chi connectivity index (χ1) is 8.58. The molecule has 0 aliphatic heterocycles. The van der Waals surface area contributed by atoms with Gasteiger partial charge in [-0.15, -0.1) is 0 Å². The molecule has 0 aliphatic rings. The summed E-state index contributed by atoms with van der Waals surface area (Å²) < 4.78 is 11.5. The number of rotatable bonds is 6. The standard InChI is InChI=1S/C13H15BrO4/c1-3-6-18-13-10(14)7-9(4-5-12(15)16)8-11(13)17-2/h4-5,7-8H,3,6H2,1-2H3,(H,15,16). The van der Waals surface area contributed by atoms with E-state index in [1.54, 1.807) is 19.2 Å². The second-order valence-electron chi connectivity index (χ2n) is 3.55. The lowest BCUT2D eigenvalue weighted by molar-refractivity contribution is -0.131. The molecule has 5 heteroatoms. The van der Waals surface area contributed by atoms with E-state index in [1.807, 2.05) is 6.92 Å². The van der Waals surface area contributed by atoms with Gasteiger partial charge in [-0.3, -0.25) is 0 Å². The van der Waals surface area contributed by atoms with Gasteiger partial charge >= 0.3 is 5.97 Å². The molecule has 0 atom stereocenters. The van der Waals surface area contributed by atoms with Gasteiger partial charge in [-0.1, -0.05) is 6.92 Å². The second-order valence-corrected chi connectivity index (χ2v) is 4.41. The highest BCUT2D eigenvalue weighted by Crippen LogP contribution is 2.37. The van der Waals surface area contributed by atoms with E-state index in [2.05, 4.69) is 15.9 Å². The Kier molecular flexibility index (Phi) is 5.71. The lowest BCUT2D eigenvalue weighted by Gasteiger charge is -2.12. The van der Waals surface area contributed by atoms with E-state index in [-0.39, 0.29) is 0 Å². The van der Waals surface area contributed by atoms with Gasteiger partial charge in [-0.25, -0.2) is 4.79 Å². The van der Waals surface area contributed by atoms with Crippen LogP contribution in [0.1, 0.15) is 18.9 Å². The Bertz CT molecular complexity index is 455. The van der Waals surface area contributed by atoms with Gasteiger partial charge in [-0.2, -0.15) is 0 Å². The van der Waals surface area contributed by atoms with E-state index in [0.717, 1.165) is 22.5 Å². The molecule has 0 saturated carbocycles. The lowest BCUT2D eigenvalue weighted by Crippen LogP contribution is -1.99. The highest BCUT2D eigenvalue weighted by atomic mass is 79.9. The summed E-state index contributed by atoms with van der Waals surface area (Å²) >= 11 is 3.39. The normalized spacial score (nSPS) is 10.6. The van der Waals surface area contributed by atoms with E-state index in [0.29, 0.717) is 18.1 Å². The predicted octanol–water partition coefficient (Wildman–Crippen LogP) is 3.34. The number of benzene rings is 1. The highest BCUT2D eigenvalue weighted by Gasteiger charge is 2.10. The van der Waals surface area contributed by atoms with Crippen molar-refractivity contribution in [3.63, 3.8) is 0 Å². The summed E-state index contributed by atoms with van der Waals surface area (Å²) in [5.74, 6) is 0.214. The molecule has 0 aliphatic carbocycles. The van der Waals surface area contributed by atoms with Crippen molar-refractivity contribution in [3.8, 4) is 11.5 Å². The van der Waals surface area contributed by atoms with Crippen molar-refractivity contribution in [2.75, 3.05) is 13.7 Å². The summed E-state index contributed by atoms with van der Waals surface area (Å²) in [6, 6.07) is 3.52. The van der Waals surface area contributed by atoms with Gasteiger partial charge in [0.25, 0.3) is 0 Å². The van der Waals surface area contributed by atoms with Gasteiger partial charge < -0.3 is 14.6 Å². The maximum atomic E-state index is 10.5. The van der Waals surface area contributed by atoms with E-state index >= 15 is 0 Å². The number of hydrogen-bond donors (Lipinski definition) is 1. The Labute approximate surface area is 114 Å². The summed E-state index contributed by atoms with van der Waals surface area (Å²) in [5, 5.41) is 8.59. The molecule has 98 valence electrons. The van der Waals surface area contributed by atoms with Crippen molar-refractivity contribution in [1.82, 2.24) is 0 Å². The Morgan fingerprint density at radius 1 is 1.50 bits per heavy atom. The molecule has 0 heterocycles. The molecule has 0 fully saturated rings. The Balaban J connectivity index is 3.06. The molecule has 4 nitrogen and oxygen atoms in total. The molecule has 1 N–H and O–H groups in total. The fourth-order valence-corrected chi connectivity index (χ4v) is 1.92. The predicted molar refractivity (Wildman–Crippen MR) is 73.1 cm³/mol. The van der Waals surface area contributed by atoms with Crippen molar-refractivity contribution in [1.29, 1.82) is 0 Å². The minimum absolute atomic E-state index is 0.572. The molecule has 0 saturated heterocycles. The van der Waals surface area contributed by atoms with Crippen LogP contribution in [0.25, 0.3) is 6.08 Å². The van der Waals surface area contributed by atoms with E-state index in [9.17, 15) is 4.79 Å². The number of aliphatic carboxylic acids is 1. The number of carboxylic acid groups (broad SMARTS) is 1. The van der Waals surface area contributed by atoms with Gasteiger partial charge in [0.15, 0.2) is 11.5 Å². The fourth-order valence-electron chi connectivity index (χ4n) is 1.35. The maximum absolute atomic E-state index is 10.5. The van der Waals surface area contributed by atoms with Crippen LogP contribution in [0.4, 0.5) is 0 Å². The van der Waals surface area contributed by atoms with Gasteiger partial charge in [0.05, 0.1) is 18.2 Å². The van der Waals surface area contributed by atoms with Crippen LogP contribution in [-0.4, -0.2) is 24.8 Å². The topological polar surface area (TPSA) is 55.8 Å². The fraction of sp³-hybridized carbons (Fsp3) is 0.308. The van der Waals surface area contributed by atoms with Crippen molar-refractivity contribution in [3.05, 3.63) is 28.2 Å². The van der Waals surface area contributed by atoms with Crippen molar-refractivity contribution >= 4 is 28.0 Å². The summed E-state index contributed by atoms with van der Waals surface area (Å²) in [7, 11) is 1.55. The molecule has 1 aromatic carbocycles. The summed E-state index contributed by atoms with van der Waals surface area (Å²) in [6.45, 7) is 2.61. The third-order valence-corrected chi connectivity index (χ3v) is 2.71. The number of carbonyl (C=O) groups is 1. The van der Waals surface area contributed by atoms with E-state index in [4.69, 9.17) is 14.6 Å². The second kappa shape index (κ2) is 7.06. The summed E-state index contributed by atoms with van der Waals surface area (Å²) in [4.78, 5) is 10.5. The van der Waals surface area contributed by atoms with Crippen LogP contribution in [0.2, 0.25) is 0 Å². The molecule has 0 radical (unpaired) electrons. The monoisotopic (exact) mass is 314 g/mol. The third-order valence-electron chi connectivity index (χ3n) is 2.12. The number of hydrogen-bond acceptors (Lipinski definition) is 3. The molecular formula is C13H15BrO4. The highest BCUT2D eigenvalue weighted by molar-refractivity contribution is 9.10. The number of carboxylic acids is 1. The van der Waals surface area contributed by atoms with E-state index in [1.165, 1.54) is 6.08 Å². The molecule has 0 spiro atoms. The zero-order valence-corrected chi connectivity index (χ0v) is 11.9. The molecule has 1 aromatic rings. The average molecular weight is 315 g/mol. The first-order valence-corrected chi connectivity index (χ1v) is 6.29. The van der Waals surface area contributed by atoms with Crippen molar-refractivity contribution in [2.24, 2.45) is 0 Å². The first-order valence-electron chi connectivity index (χ1n) is 5.49. The average Bonchev–Trinajstić information content (AvgIpc) is 2.34. The van der Waals surface area contributed by atoms with Crippen LogP contribution in [0.15, 0.2) is 22.7 Å². The van der Waals surface area contributed by atoms with Crippen LogP contribution in [0, 0.1) is 0 Å². The van der Waals surface area contributed by atoms with Crippen molar-refractivity contribution < 1.29 is 19.4 Å². The van der Waals surface area contributed by atoms with Crippen LogP contribution < -0.4 is 9.47 Å². The van der Waals surface area contributed by atoms with Gasteiger partial charge in [0, 0.05) is 6.08 Å². The molecule has 0 unspecified atom stereocenters. The molecular weight excluding hydrogens is 300 g/mol. The van der Waals surface area contributed by atoms with Crippen LogP contribution in [-0.2, 0) is 4.79 Å².